The van der Waals surface area contributed by atoms with E-state index in [2.05, 4.69) is 0 Å². The van der Waals surface area contributed by atoms with Gasteiger partial charge in [-0.3, -0.25) is 9.59 Å². The Kier molecular flexibility index (Phi) is 17.3. The Morgan fingerprint density at radius 1 is 1.33 bits per heavy atom. The maximum absolute atomic E-state index is 10.0. The molecule has 0 radical (unpaired) electrons. The minimum Gasteiger partial charge on any atom is -0.750 e. The quantitative estimate of drug-likeness (QED) is 0.292. The first-order chi connectivity index (χ1) is 4.86. The summed E-state index contributed by atoms with van der Waals surface area (Å²) in [4.78, 5) is 20.1. The Balaban J connectivity index is -0.000000142. The molecule has 0 aromatic rings. The molecule has 1 atom stereocenters. The van der Waals surface area contributed by atoms with Gasteiger partial charge in [-0.15, -0.1) is 0 Å². The molecule has 0 aliphatic carbocycles. The van der Waals surface area contributed by atoms with Crippen LogP contribution < -0.4 is 29.6 Å². The van der Waals surface area contributed by atoms with Crippen LogP contribution in [0.2, 0.25) is 0 Å². The molecule has 0 saturated heterocycles. The van der Waals surface area contributed by atoms with Crippen LogP contribution in [0.5, 0.6) is 0 Å². The van der Waals surface area contributed by atoms with Crippen LogP contribution in [0.1, 0.15) is 20.3 Å². The van der Waals surface area contributed by atoms with Gasteiger partial charge in [0.05, 0.1) is 17.8 Å². The molecule has 0 aliphatic heterocycles. The van der Waals surface area contributed by atoms with Gasteiger partial charge < -0.3 is 9.11 Å². The van der Waals surface area contributed by atoms with Crippen LogP contribution in [0, 0.1) is 0 Å². The van der Waals surface area contributed by atoms with E-state index in [1.165, 1.54) is 13.8 Å². The van der Waals surface area contributed by atoms with Crippen LogP contribution in [-0.2, 0) is 21.0 Å². The number of rotatable bonds is 2. The molecule has 0 bridgehead atoms. The predicted molar refractivity (Wildman–Crippen MR) is 37.5 cm³/mol. The maximum Gasteiger partial charge on any atom is 1.00 e. The van der Waals surface area contributed by atoms with E-state index in [9.17, 15) is 9.59 Å². The minimum absolute atomic E-state index is 0. The van der Waals surface area contributed by atoms with Crippen molar-refractivity contribution >= 4 is 22.9 Å². The van der Waals surface area contributed by atoms with E-state index >= 15 is 0 Å². The maximum atomic E-state index is 10.0. The number of hydrogen-bond donors (Lipinski definition) is 1. The molecule has 5 nitrogen and oxygen atoms in total. The van der Waals surface area contributed by atoms with Gasteiger partial charge in [-0.2, -0.15) is 0 Å². The van der Waals surface area contributed by atoms with Crippen LogP contribution in [-0.4, -0.2) is 24.9 Å². The van der Waals surface area contributed by atoms with Crippen molar-refractivity contribution in [2.45, 2.75) is 20.3 Å². The third-order valence-corrected chi connectivity index (χ3v) is 0.498. The Labute approximate surface area is 95.3 Å². The molecular formula is C5H9NaO5S. The van der Waals surface area contributed by atoms with E-state index in [-0.39, 0.29) is 47.5 Å². The third kappa shape index (κ3) is 47.4. The van der Waals surface area contributed by atoms with Crippen LogP contribution in [0.4, 0.5) is 0 Å². The van der Waals surface area contributed by atoms with E-state index in [0.29, 0.717) is 0 Å². The topological polar surface area (TPSA) is 94.5 Å². The smallest absolute Gasteiger partial charge is 0.750 e. The van der Waals surface area contributed by atoms with Crippen molar-refractivity contribution in [3.8, 4) is 0 Å². The van der Waals surface area contributed by atoms with Crippen molar-refractivity contribution < 1.29 is 52.5 Å². The van der Waals surface area contributed by atoms with E-state index < -0.39 is 11.4 Å². The standard InChI is InChI=1S/C5H8O2.Na.H2O3S/c1-4(6)3-5(2)7;;1-4(2)3/h3H2,1-2H3;;(H2,1,2,3)/q;+1;/p-1. The van der Waals surface area contributed by atoms with Gasteiger partial charge >= 0.3 is 29.6 Å². The van der Waals surface area contributed by atoms with Crippen molar-refractivity contribution in [3.05, 3.63) is 0 Å². The van der Waals surface area contributed by atoms with Crippen molar-refractivity contribution in [1.82, 2.24) is 0 Å². The molecule has 0 spiro atoms. The fourth-order valence-corrected chi connectivity index (χ4v) is 0.351. The average molecular weight is 204 g/mol. The van der Waals surface area contributed by atoms with E-state index in [1.54, 1.807) is 0 Å². The first-order valence-corrected chi connectivity index (χ1v) is 3.66. The molecule has 0 saturated carbocycles. The van der Waals surface area contributed by atoms with Gasteiger partial charge in [-0.05, 0) is 13.8 Å². The zero-order valence-corrected chi connectivity index (χ0v) is 10.0. The summed E-state index contributed by atoms with van der Waals surface area (Å²) in [5.41, 5.74) is 0. The van der Waals surface area contributed by atoms with Crippen LogP contribution in [0.3, 0.4) is 0 Å². The monoisotopic (exact) mass is 204 g/mol. The van der Waals surface area contributed by atoms with Gasteiger partial charge in [0, 0.05) is 0 Å². The van der Waals surface area contributed by atoms with Gasteiger partial charge in [-0.25, -0.2) is 4.21 Å². The molecule has 66 valence electrons. The Morgan fingerprint density at radius 2 is 1.50 bits per heavy atom. The van der Waals surface area contributed by atoms with Crippen LogP contribution in [0.25, 0.3) is 0 Å². The molecule has 0 aliphatic rings. The Morgan fingerprint density at radius 3 is 1.50 bits per heavy atom. The largest absolute Gasteiger partial charge is 1.00 e. The molecule has 1 N–H and O–H groups in total. The SMILES string of the molecule is CC(=O)CC(C)=O.O=S([O-])O.[Na+]. The molecule has 0 aromatic carbocycles. The second-order valence-electron chi connectivity index (χ2n) is 1.80. The Bertz CT molecular complexity index is 153. The Hall–Kier alpha value is 0.410. The second kappa shape index (κ2) is 11.4. The van der Waals surface area contributed by atoms with Crippen molar-refractivity contribution in [1.29, 1.82) is 0 Å². The minimum atomic E-state index is -2.86. The first kappa shape index (κ1) is 18.2. The average Bonchev–Trinajstić information content (AvgIpc) is 1.56. The van der Waals surface area contributed by atoms with Gasteiger partial charge in [0.15, 0.2) is 0 Å². The molecular weight excluding hydrogens is 195 g/mol. The van der Waals surface area contributed by atoms with Crippen LogP contribution in [0.15, 0.2) is 0 Å². The number of hydrogen-bond acceptors (Lipinski definition) is 4. The van der Waals surface area contributed by atoms with Crippen molar-refractivity contribution in [3.63, 3.8) is 0 Å². The second-order valence-corrected chi connectivity index (χ2v) is 2.23. The molecule has 1 unspecified atom stereocenters. The summed E-state index contributed by atoms with van der Waals surface area (Å²) >= 11 is -2.86. The number of ketones is 2. The normalized spacial score (nSPS) is 10.0. The van der Waals surface area contributed by atoms with E-state index in [1.807, 2.05) is 0 Å². The number of carbonyl (C=O) groups is 2. The number of Topliss-reactive ketones (excluding diaryl/α,β-unsaturated/α-hetero) is 2. The van der Waals surface area contributed by atoms with Crippen LogP contribution >= 0.6 is 0 Å². The summed E-state index contributed by atoms with van der Waals surface area (Å²) in [7, 11) is 0. The molecule has 7 heteroatoms. The van der Waals surface area contributed by atoms with Gasteiger partial charge in [0.25, 0.3) is 0 Å². The van der Waals surface area contributed by atoms with Gasteiger partial charge in [0.2, 0.25) is 0 Å². The molecule has 0 heterocycles. The zero-order chi connectivity index (χ0) is 9.44. The van der Waals surface area contributed by atoms with E-state index in [0.717, 1.165) is 0 Å². The summed E-state index contributed by atoms with van der Waals surface area (Å²) in [6.07, 6.45) is 0.0833. The summed E-state index contributed by atoms with van der Waals surface area (Å²) in [5, 5.41) is 0. The molecule has 12 heavy (non-hydrogen) atoms. The van der Waals surface area contributed by atoms with Crippen molar-refractivity contribution in [2.24, 2.45) is 0 Å². The number of carbonyl (C=O) groups excluding carboxylic acids is 2. The molecule has 0 fully saturated rings. The summed E-state index contributed by atoms with van der Waals surface area (Å²) < 4.78 is 24.1. The van der Waals surface area contributed by atoms with E-state index in [4.69, 9.17) is 13.3 Å². The molecule has 0 aromatic heterocycles. The first-order valence-electron chi connectivity index (χ1n) is 2.63. The fraction of sp³-hybridized carbons (Fsp3) is 0.600. The third-order valence-electron chi connectivity index (χ3n) is 0.498. The summed E-state index contributed by atoms with van der Waals surface area (Å²) in [6.45, 7) is 2.81. The van der Waals surface area contributed by atoms with Gasteiger partial charge in [-0.1, -0.05) is 0 Å². The van der Waals surface area contributed by atoms with Crippen molar-refractivity contribution in [2.75, 3.05) is 0 Å². The fourth-order valence-electron chi connectivity index (χ4n) is 0.351. The summed E-state index contributed by atoms with van der Waals surface area (Å²) in [6, 6.07) is 0. The molecule has 0 rings (SSSR count). The zero-order valence-electron chi connectivity index (χ0n) is 7.20. The molecule has 0 amide bonds. The summed E-state index contributed by atoms with van der Waals surface area (Å²) in [5.74, 6) is -0.125. The van der Waals surface area contributed by atoms with Gasteiger partial charge in [0.1, 0.15) is 11.6 Å². The predicted octanol–water partition coefficient (Wildman–Crippen LogP) is -3.10.